The number of carbonyl (C=O) groups is 1. The van der Waals surface area contributed by atoms with Crippen LogP contribution in [0.2, 0.25) is 0 Å². The van der Waals surface area contributed by atoms with E-state index in [0.717, 1.165) is 12.8 Å². The van der Waals surface area contributed by atoms with Crippen LogP contribution in [-0.4, -0.2) is 5.78 Å². The van der Waals surface area contributed by atoms with E-state index in [1.54, 1.807) is 0 Å². The molecule has 0 fully saturated rings. The molecule has 0 rings (SSSR count). The average Bonchev–Trinajstić information content (AvgIpc) is 2.09. The number of carbonyl (C=O) groups excluding carboxylic acids is 1. The van der Waals surface area contributed by atoms with Crippen LogP contribution in [0.1, 0.15) is 51.9 Å². The molecule has 0 heterocycles. The van der Waals surface area contributed by atoms with Crippen LogP contribution in [0.4, 0.5) is 0 Å². The number of rotatable bonds is 7. The first-order chi connectivity index (χ1) is 5.81. The second-order valence-electron chi connectivity index (χ2n) is 3.01. The summed E-state index contributed by atoms with van der Waals surface area (Å²) in [7, 11) is 0. The molecule has 0 bridgehead atoms. The van der Waals surface area contributed by atoms with Gasteiger partial charge in [0.2, 0.25) is 0 Å². The molecular weight excluding hydrogens is 150 g/mol. The molecule has 0 amide bonds. The lowest BCUT2D eigenvalue weighted by molar-refractivity contribution is -0.119. The van der Waals surface area contributed by atoms with Crippen LogP contribution in [0.3, 0.4) is 0 Å². The summed E-state index contributed by atoms with van der Waals surface area (Å²) in [4.78, 5) is 11.0. The van der Waals surface area contributed by atoms with Crippen molar-refractivity contribution in [1.82, 2.24) is 0 Å². The van der Waals surface area contributed by atoms with Gasteiger partial charge in [-0.1, -0.05) is 26.2 Å². The second kappa shape index (κ2) is 8.26. The molecule has 0 aromatic rings. The fraction of sp³-hybridized carbons (Fsp3) is 0.800. The zero-order chi connectivity index (χ0) is 9.23. The largest absolute Gasteiger partial charge is 0.300 e. The van der Waals surface area contributed by atoms with Crippen molar-refractivity contribution in [2.75, 3.05) is 0 Å². The molecule has 0 unspecified atom stereocenters. The molecule has 0 atom stereocenters. The Morgan fingerprint density at radius 2 is 2.00 bits per heavy atom. The zero-order valence-electron chi connectivity index (χ0n) is 7.81. The molecule has 0 N–H and O–H groups in total. The number of Topliss-reactive ketones (excluding diaryl/α,β-unsaturated/α-hetero) is 1. The van der Waals surface area contributed by atoms with Gasteiger partial charge in [0.1, 0.15) is 5.78 Å². The van der Waals surface area contributed by atoms with Crippen LogP contribution in [0.5, 0.6) is 0 Å². The molecule has 0 saturated carbocycles. The average molecular weight is 167 g/mol. The quantitative estimate of drug-likeness (QED) is 0.547. The van der Waals surface area contributed by atoms with Crippen molar-refractivity contribution >= 4 is 5.78 Å². The van der Waals surface area contributed by atoms with Gasteiger partial charge in [0.05, 0.1) is 6.07 Å². The van der Waals surface area contributed by atoms with Gasteiger partial charge in [0.25, 0.3) is 0 Å². The topological polar surface area (TPSA) is 40.9 Å². The highest BCUT2D eigenvalue weighted by atomic mass is 16.1. The number of nitriles is 1. The fourth-order valence-electron chi connectivity index (χ4n) is 1.07. The monoisotopic (exact) mass is 167 g/mol. The van der Waals surface area contributed by atoms with Gasteiger partial charge >= 0.3 is 0 Å². The number of hydrogen-bond donors (Lipinski definition) is 0. The summed E-state index contributed by atoms with van der Waals surface area (Å²) in [5, 5.41) is 8.22. The highest BCUT2D eigenvalue weighted by Gasteiger charge is 1.99. The summed E-state index contributed by atoms with van der Waals surface area (Å²) < 4.78 is 0. The SMILES string of the molecule is CCCCCCC(=O)CCC#N. The lowest BCUT2D eigenvalue weighted by Gasteiger charge is -1.97. The lowest BCUT2D eigenvalue weighted by Crippen LogP contribution is -1.96. The molecule has 2 heteroatoms. The highest BCUT2D eigenvalue weighted by Crippen LogP contribution is 2.04. The summed E-state index contributed by atoms with van der Waals surface area (Å²) in [6.07, 6.45) is 6.06. The number of unbranched alkanes of at least 4 members (excludes halogenated alkanes) is 3. The number of nitrogens with zero attached hydrogens (tertiary/aromatic N) is 1. The van der Waals surface area contributed by atoms with Crippen molar-refractivity contribution in [1.29, 1.82) is 5.26 Å². The van der Waals surface area contributed by atoms with E-state index in [1.807, 2.05) is 6.07 Å². The molecule has 0 saturated heterocycles. The molecule has 0 aliphatic carbocycles. The van der Waals surface area contributed by atoms with Crippen LogP contribution in [0.15, 0.2) is 0 Å². The first-order valence-electron chi connectivity index (χ1n) is 4.70. The first-order valence-corrected chi connectivity index (χ1v) is 4.70. The van der Waals surface area contributed by atoms with E-state index in [4.69, 9.17) is 5.26 Å². The minimum atomic E-state index is 0.243. The predicted molar refractivity (Wildman–Crippen MR) is 48.6 cm³/mol. The van der Waals surface area contributed by atoms with E-state index < -0.39 is 0 Å². The van der Waals surface area contributed by atoms with Crippen molar-refractivity contribution in [3.63, 3.8) is 0 Å². The van der Waals surface area contributed by atoms with E-state index in [2.05, 4.69) is 6.92 Å². The highest BCUT2D eigenvalue weighted by molar-refractivity contribution is 5.78. The fourth-order valence-corrected chi connectivity index (χ4v) is 1.07. The number of ketones is 1. The van der Waals surface area contributed by atoms with Gasteiger partial charge in [-0.25, -0.2) is 0 Å². The molecule has 0 aromatic carbocycles. The smallest absolute Gasteiger partial charge is 0.133 e. The Hall–Kier alpha value is -0.840. The molecule has 2 nitrogen and oxygen atoms in total. The molecule has 0 aliphatic rings. The minimum absolute atomic E-state index is 0.243. The Bertz CT molecular complexity index is 158. The Balaban J connectivity index is 3.15. The van der Waals surface area contributed by atoms with Crippen molar-refractivity contribution in [2.24, 2.45) is 0 Å². The van der Waals surface area contributed by atoms with E-state index >= 15 is 0 Å². The van der Waals surface area contributed by atoms with E-state index in [0.29, 0.717) is 19.3 Å². The van der Waals surface area contributed by atoms with Gasteiger partial charge in [-0.3, -0.25) is 4.79 Å². The molecule has 0 spiro atoms. The van der Waals surface area contributed by atoms with Crippen LogP contribution in [0, 0.1) is 11.3 Å². The summed E-state index contributed by atoms with van der Waals surface area (Å²) in [6.45, 7) is 2.15. The summed E-state index contributed by atoms with van der Waals surface area (Å²) in [6, 6.07) is 1.98. The third kappa shape index (κ3) is 7.27. The molecule has 0 aromatic heterocycles. The summed E-state index contributed by atoms with van der Waals surface area (Å²) >= 11 is 0. The number of hydrogen-bond acceptors (Lipinski definition) is 2. The van der Waals surface area contributed by atoms with Crippen LogP contribution >= 0.6 is 0 Å². The van der Waals surface area contributed by atoms with Crippen LogP contribution < -0.4 is 0 Å². The third-order valence-electron chi connectivity index (χ3n) is 1.82. The maximum Gasteiger partial charge on any atom is 0.133 e. The normalized spacial score (nSPS) is 9.33. The standard InChI is InChI=1S/C10H17NO/c1-2-3-4-5-7-10(12)8-6-9-11/h2-8H2,1H3. The Labute approximate surface area is 74.6 Å². The minimum Gasteiger partial charge on any atom is -0.300 e. The second-order valence-corrected chi connectivity index (χ2v) is 3.01. The van der Waals surface area contributed by atoms with Crippen LogP contribution in [-0.2, 0) is 4.79 Å². The Kier molecular flexibility index (Phi) is 7.68. The summed E-state index contributed by atoms with van der Waals surface area (Å²) in [5.41, 5.74) is 0. The van der Waals surface area contributed by atoms with Crippen molar-refractivity contribution in [3.05, 3.63) is 0 Å². The van der Waals surface area contributed by atoms with E-state index in [1.165, 1.54) is 12.8 Å². The van der Waals surface area contributed by atoms with Gasteiger partial charge < -0.3 is 0 Å². The van der Waals surface area contributed by atoms with Gasteiger partial charge in [0, 0.05) is 19.3 Å². The molecule has 68 valence electrons. The third-order valence-corrected chi connectivity index (χ3v) is 1.82. The van der Waals surface area contributed by atoms with Gasteiger partial charge in [-0.2, -0.15) is 5.26 Å². The van der Waals surface area contributed by atoms with Crippen LogP contribution in [0.25, 0.3) is 0 Å². The van der Waals surface area contributed by atoms with Gasteiger partial charge in [-0.15, -0.1) is 0 Å². The van der Waals surface area contributed by atoms with Crippen molar-refractivity contribution in [3.8, 4) is 6.07 Å². The molecule has 0 radical (unpaired) electrons. The van der Waals surface area contributed by atoms with Gasteiger partial charge in [0.15, 0.2) is 0 Å². The Morgan fingerprint density at radius 3 is 2.58 bits per heavy atom. The van der Waals surface area contributed by atoms with Crippen molar-refractivity contribution < 1.29 is 4.79 Å². The maximum absolute atomic E-state index is 11.0. The molecule has 0 aliphatic heterocycles. The first kappa shape index (κ1) is 11.2. The zero-order valence-corrected chi connectivity index (χ0v) is 7.81. The molecular formula is C10H17NO. The Morgan fingerprint density at radius 1 is 1.25 bits per heavy atom. The van der Waals surface area contributed by atoms with Gasteiger partial charge in [-0.05, 0) is 6.42 Å². The molecule has 12 heavy (non-hydrogen) atoms. The maximum atomic E-state index is 11.0. The lowest BCUT2D eigenvalue weighted by atomic mass is 10.1. The van der Waals surface area contributed by atoms with Crippen molar-refractivity contribution in [2.45, 2.75) is 51.9 Å². The predicted octanol–water partition coefficient (Wildman–Crippen LogP) is 2.83. The van der Waals surface area contributed by atoms with E-state index in [9.17, 15) is 4.79 Å². The summed E-state index contributed by atoms with van der Waals surface area (Å²) in [5.74, 6) is 0.243. The van der Waals surface area contributed by atoms with E-state index in [-0.39, 0.29) is 5.78 Å².